The normalized spacial score (nSPS) is 11.0. The highest BCUT2D eigenvalue weighted by atomic mass is 32.1. The summed E-state index contributed by atoms with van der Waals surface area (Å²) in [4.78, 5) is 4.47. The minimum absolute atomic E-state index is 0.481. The topological polar surface area (TPSA) is 45.2 Å². The summed E-state index contributed by atoms with van der Waals surface area (Å²) in [5.41, 5.74) is 4.28. The Bertz CT molecular complexity index is 439. The largest absolute Gasteiger partial charge is 0.316 e. The molecule has 1 aromatic heterocycles. The van der Waals surface area contributed by atoms with Crippen LogP contribution in [-0.4, -0.2) is 10.2 Å². The predicted octanol–water partition coefficient (Wildman–Crippen LogP) is 2.34. The number of fused-ring (bicyclic) bond motifs is 1. The standard InChI is InChI=1S/C10H12N2OS/c1-2-10-12-8-4-3-7(6-11-13)5-9(8)14-10/h3-5,11,13H,2,6H2,1H3. The zero-order chi connectivity index (χ0) is 9.97. The molecule has 4 heteroatoms. The Morgan fingerprint density at radius 2 is 2.36 bits per heavy atom. The number of nitrogens with zero attached hydrogens (tertiary/aromatic N) is 1. The molecule has 0 fully saturated rings. The molecule has 0 aliphatic rings. The van der Waals surface area contributed by atoms with Crippen LogP contribution < -0.4 is 5.48 Å². The number of hydroxylamine groups is 1. The number of aromatic nitrogens is 1. The fourth-order valence-corrected chi connectivity index (χ4v) is 2.34. The van der Waals surface area contributed by atoms with Crippen molar-refractivity contribution in [2.24, 2.45) is 0 Å². The van der Waals surface area contributed by atoms with Crippen LogP contribution in [-0.2, 0) is 13.0 Å². The van der Waals surface area contributed by atoms with Gasteiger partial charge in [0.2, 0.25) is 0 Å². The Balaban J connectivity index is 2.43. The average Bonchev–Trinajstić information content (AvgIpc) is 2.60. The van der Waals surface area contributed by atoms with Crippen LogP contribution >= 0.6 is 11.3 Å². The summed E-state index contributed by atoms with van der Waals surface area (Å²) in [5, 5.41) is 9.74. The highest BCUT2D eigenvalue weighted by molar-refractivity contribution is 7.18. The van der Waals surface area contributed by atoms with Gasteiger partial charge in [0.25, 0.3) is 0 Å². The second-order valence-corrected chi connectivity index (χ2v) is 4.21. The number of benzene rings is 1. The first-order chi connectivity index (χ1) is 6.83. The van der Waals surface area contributed by atoms with E-state index in [1.54, 1.807) is 11.3 Å². The lowest BCUT2D eigenvalue weighted by Crippen LogP contribution is -2.05. The van der Waals surface area contributed by atoms with Crippen LogP contribution in [0.5, 0.6) is 0 Å². The third-order valence-electron chi connectivity index (χ3n) is 2.08. The Morgan fingerprint density at radius 3 is 3.07 bits per heavy atom. The van der Waals surface area contributed by atoms with Crippen molar-refractivity contribution in [3.05, 3.63) is 28.8 Å². The number of aryl methyl sites for hydroxylation is 1. The van der Waals surface area contributed by atoms with Crippen molar-refractivity contribution in [2.45, 2.75) is 19.9 Å². The first-order valence-electron chi connectivity index (χ1n) is 4.58. The summed E-state index contributed by atoms with van der Waals surface area (Å²) < 4.78 is 1.19. The smallest absolute Gasteiger partial charge is 0.0935 e. The van der Waals surface area contributed by atoms with Crippen LogP contribution in [0.3, 0.4) is 0 Å². The quantitative estimate of drug-likeness (QED) is 0.761. The van der Waals surface area contributed by atoms with E-state index in [-0.39, 0.29) is 0 Å². The van der Waals surface area contributed by atoms with Crippen LogP contribution in [0, 0.1) is 0 Å². The molecular weight excluding hydrogens is 196 g/mol. The van der Waals surface area contributed by atoms with Gasteiger partial charge in [-0.25, -0.2) is 10.5 Å². The molecule has 3 nitrogen and oxygen atoms in total. The molecule has 0 aliphatic heterocycles. The molecular formula is C10H12N2OS. The lowest BCUT2D eigenvalue weighted by atomic mass is 10.2. The Hall–Kier alpha value is -0.970. The number of hydrogen-bond donors (Lipinski definition) is 2. The van der Waals surface area contributed by atoms with Gasteiger partial charge in [-0.1, -0.05) is 13.0 Å². The zero-order valence-corrected chi connectivity index (χ0v) is 8.77. The molecule has 2 N–H and O–H groups in total. The molecule has 0 saturated heterocycles. The van der Waals surface area contributed by atoms with Gasteiger partial charge in [-0.3, -0.25) is 0 Å². The molecule has 0 aliphatic carbocycles. The van der Waals surface area contributed by atoms with E-state index in [1.807, 2.05) is 12.1 Å². The van der Waals surface area contributed by atoms with Gasteiger partial charge in [-0.2, -0.15) is 0 Å². The van der Waals surface area contributed by atoms with Gasteiger partial charge in [0, 0.05) is 6.54 Å². The van der Waals surface area contributed by atoms with Crippen molar-refractivity contribution in [3.8, 4) is 0 Å². The maximum Gasteiger partial charge on any atom is 0.0935 e. The average molecular weight is 208 g/mol. The maximum absolute atomic E-state index is 8.58. The third-order valence-corrected chi connectivity index (χ3v) is 3.25. The van der Waals surface area contributed by atoms with Crippen molar-refractivity contribution in [1.82, 2.24) is 10.5 Å². The summed E-state index contributed by atoms with van der Waals surface area (Å²) in [6.07, 6.45) is 0.979. The lowest BCUT2D eigenvalue weighted by molar-refractivity contribution is 0.161. The van der Waals surface area contributed by atoms with Crippen LogP contribution in [0.1, 0.15) is 17.5 Å². The van der Waals surface area contributed by atoms with E-state index in [9.17, 15) is 0 Å². The number of nitrogens with one attached hydrogen (secondary N) is 1. The second-order valence-electron chi connectivity index (χ2n) is 3.10. The SMILES string of the molecule is CCc1nc2ccc(CNO)cc2s1. The Kier molecular flexibility index (Phi) is 2.77. The van der Waals surface area contributed by atoms with Crippen molar-refractivity contribution in [2.75, 3.05) is 0 Å². The van der Waals surface area contributed by atoms with Crippen molar-refractivity contribution < 1.29 is 5.21 Å². The van der Waals surface area contributed by atoms with Crippen molar-refractivity contribution in [3.63, 3.8) is 0 Å². The zero-order valence-electron chi connectivity index (χ0n) is 7.95. The first kappa shape index (κ1) is 9.58. The van der Waals surface area contributed by atoms with Gasteiger partial charge in [0.1, 0.15) is 0 Å². The molecule has 1 aromatic carbocycles. The second kappa shape index (κ2) is 4.04. The van der Waals surface area contributed by atoms with Crippen LogP contribution in [0.15, 0.2) is 18.2 Å². The van der Waals surface area contributed by atoms with E-state index in [2.05, 4.69) is 23.5 Å². The van der Waals surface area contributed by atoms with Gasteiger partial charge in [0.05, 0.1) is 15.2 Å². The van der Waals surface area contributed by atoms with Crippen molar-refractivity contribution >= 4 is 21.6 Å². The fourth-order valence-electron chi connectivity index (χ4n) is 1.37. The lowest BCUT2D eigenvalue weighted by Gasteiger charge is -1.97. The highest BCUT2D eigenvalue weighted by Gasteiger charge is 2.02. The number of thiazole rings is 1. The van der Waals surface area contributed by atoms with Gasteiger partial charge in [-0.05, 0) is 24.1 Å². The van der Waals surface area contributed by atoms with Crippen molar-refractivity contribution in [1.29, 1.82) is 0 Å². The van der Waals surface area contributed by atoms with Crippen LogP contribution in [0.2, 0.25) is 0 Å². The molecule has 2 rings (SSSR count). The van der Waals surface area contributed by atoms with Crippen LogP contribution in [0.4, 0.5) is 0 Å². The minimum Gasteiger partial charge on any atom is -0.316 e. The van der Waals surface area contributed by atoms with E-state index in [0.29, 0.717) is 6.54 Å². The third kappa shape index (κ3) is 1.77. The molecule has 0 spiro atoms. The first-order valence-corrected chi connectivity index (χ1v) is 5.40. The van der Waals surface area contributed by atoms with Gasteiger partial charge in [0.15, 0.2) is 0 Å². The van der Waals surface area contributed by atoms with E-state index in [0.717, 1.165) is 22.5 Å². The summed E-state index contributed by atoms with van der Waals surface area (Å²) >= 11 is 1.72. The molecule has 2 aromatic rings. The molecule has 1 heterocycles. The van der Waals surface area contributed by atoms with E-state index < -0.39 is 0 Å². The molecule has 0 saturated carbocycles. The minimum atomic E-state index is 0.481. The van der Waals surface area contributed by atoms with Crippen LogP contribution in [0.25, 0.3) is 10.2 Å². The Labute approximate surface area is 86.4 Å². The summed E-state index contributed by atoms with van der Waals surface area (Å²) in [7, 11) is 0. The van der Waals surface area contributed by atoms with E-state index >= 15 is 0 Å². The monoisotopic (exact) mass is 208 g/mol. The van der Waals surface area contributed by atoms with Gasteiger partial charge >= 0.3 is 0 Å². The van der Waals surface area contributed by atoms with Gasteiger partial charge < -0.3 is 5.21 Å². The number of rotatable bonds is 3. The molecule has 0 bridgehead atoms. The molecule has 0 radical (unpaired) electrons. The maximum atomic E-state index is 8.58. The molecule has 14 heavy (non-hydrogen) atoms. The molecule has 74 valence electrons. The molecule has 0 amide bonds. The summed E-state index contributed by atoms with van der Waals surface area (Å²) in [6, 6.07) is 6.04. The van der Waals surface area contributed by atoms with Gasteiger partial charge in [-0.15, -0.1) is 11.3 Å². The number of hydrogen-bond acceptors (Lipinski definition) is 4. The fraction of sp³-hybridized carbons (Fsp3) is 0.300. The highest BCUT2D eigenvalue weighted by Crippen LogP contribution is 2.23. The Morgan fingerprint density at radius 1 is 1.50 bits per heavy atom. The van der Waals surface area contributed by atoms with E-state index in [1.165, 1.54) is 4.70 Å². The molecule has 0 unspecified atom stereocenters. The van der Waals surface area contributed by atoms with E-state index in [4.69, 9.17) is 5.21 Å². The molecule has 0 atom stereocenters. The predicted molar refractivity (Wildman–Crippen MR) is 57.6 cm³/mol. The summed E-state index contributed by atoms with van der Waals surface area (Å²) in [6.45, 7) is 2.59. The summed E-state index contributed by atoms with van der Waals surface area (Å²) in [5.74, 6) is 0.